The lowest BCUT2D eigenvalue weighted by Gasteiger charge is -2.18. The highest BCUT2D eigenvalue weighted by Gasteiger charge is 2.03. The zero-order chi connectivity index (χ0) is 14.4. The Balaban J connectivity index is 1.89. The molecule has 0 unspecified atom stereocenters. The van der Waals surface area contributed by atoms with E-state index in [1.165, 1.54) is 16.3 Å². The molecule has 1 N–H and O–H groups in total. The monoisotopic (exact) mass is 270 g/mol. The maximum atomic E-state index is 3.46. The van der Waals surface area contributed by atoms with Crippen molar-refractivity contribution in [2.75, 3.05) is 26.7 Å². The lowest BCUT2D eigenvalue weighted by molar-refractivity contribution is 0.331. The number of fused-ring (bicyclic) bond motifs is 1. The Hall–Kier alpha value is -1.38. The topological polar surface area (TPSA) is 15.3 Å². The van der Waals surface area contributed by atoms with Crippen molar-refractivity contribution in [2.24, 2.45) is 0 Å². The first-order valence-corrected chi connectivity index (χ1v) is 7.55. The molecule has 0 saturated heterocycles. The third kappa shape index (κ3) is 4.32. The van der Waals surface area contributed by atoms with Gasteiger partial charge in [0, 0.05) is 25.7 Å². The number of hydrogen-bond acceptors (Lipinski definition) is 2. The fourth-order valence-electron chi connectivity index (χ4n) is 2.48. The Morgan fingerprint density at radius 1 is 1.00 bits per heavy atom. The van der Waals surface area contributed by atoms with E-state index >= 15 is 0 Å². The van der Waals surface area contributed by atoms with Gasteiger partial charge in [0.05, 0.1) is 0 Å². The summed E-state index contributed by atoms with van der Waals surface area (Å²) >= 11 is 0. The average Bonchev–Trinajstić information content (AvgIpc) is 2.44. The summed E-state index contributed by atoms with van der Waals surface area (Å²) in [7, 11) is 2.20. The number of nitrogens with zero attached hydrogens (tertiary/aromatic N) is 1. The highest BCUT2D eigenvalue weighted by Crippen LogP contribution is 2.18. The largest absolute Gasteiger partial charge is 0.313 e. The number of hydrogen-bond donors (Lipinski definition) is 1. The number of benzene rings is 2. The van der Waals surface area contributed by atoms with Crippen LogP contribution in [0.2, 0.25) is 0 Å². The van der Waals surface area contributed by atoms with Gasteiger partial charge in [0.1, 0.15) is 0 Å². The summed E-state index contributed by atoms with van der Waals surface area (Å²) in [6, 6.07) is 15.8. The van der Waals surface area contributed by atoms with Gasteiger partial charge < -0.3 is 10.2 Å². The molecule has 2 heteroatoms. The van der Waals surface area contributed by atoms with Crippen LogP contribution in [0.25, 0.3) is 10.8 Å². The fraction of sp³-hybridized carbons (Fsp3) is 0.444. The lowest BCUT2D eigenvalue weighted by atomic mass is 10.0. The molecule has 0 bridgehead atoms. The minimum absolute atomic E-state index is 0.571. The van der Waals surface area contributed by atoms with Gasteiger partial charge in [-0.2, -0.15) is 0 Å². The van der Waals surface area contributed by atoms with Gasteiger partial charge in [-0.1, -0.05) is 56.3 Å². The molecule has 0 aliphatic rings. The minimum atomic E-state index is 0.571. The normalized spacial score (nSPS) is 11.7. The van der Waals surface area contributed by atoms with Crippen molar-refractivity contribution >= 4 is 10.8 Å². The van der Waals surface area contributed by atoms with Crippen LogP contribution in [0.3, 0.4) is 0 Å². The molecular weight excluding hydrogens is 244 g/mol. The van der Waals surface area contributed by atoms with Crippen molar-refractivity contribution in [3.05, 3.63) is 48.0 Å². The molecule has 2 aromatic carbocycles. The molecule has 0 radical (unpaired) electrons. The molecule has 0 heterocycles. The van der Waals surface area contributed by atoms with E-state index in [-0.39, 0.29) is 0 Å². The van der Waals surface area contributed by atoms with Crippen LogP contribution >= 0.6 is 0 Å². The van der Waals surface area contributed by atoms with Crippen molar-refractivity contribution in [3.63, 3.8) is 0 Å². The van der Waals surface area contributed by atoms with Crippen LogP contribution in [0.15, 0.2) is 42.5 Å². The van der Waals surface area contributed by atoms with E-state index in [9.17, 15) is 0 Å². The van der Waals surface area contributed by atoms with Crippen LogP contribution in [0, 0.1) is 0 Å². The summed E-state index contributed by atoms with van der Waals surface area (Å²) in [5.74, 6) is 0. The van der Waals surface area contributed by atoms with Crippen LogP contribution in [-0.2, 0) is 6.42 Å². The molecule has 0 fully saturated rings. The molecule has 20 heavy (non-hydrogen) atoms. The van der Waals surface area contributed by atoms with Gasteiger partial charge in [-0.15, -0.1) is 0 Å². The first-order valence-electron chi connectivity index (χ1n) is 7.55. The third-order valence-electron chi connectivity index (χ3n) is 3.69. The van der Waals surface area contributed by atoms with E-state index in [0.717, 1.165) is 26.1 Å². The molecule has 0 aliphatic heterocycles. The maximum absolute atomic E-state index is 3.46. The molecule has 2 nitrogen and oxygen atoms in total. The summed E-state index contributed by atoms with van der Waals surface area (Å²) < 4.78 is 0. The highest BCUT2D eigenvalue weighted by atomic mass is 15.1. The van der Waals surface area contributed by atoms with Crippen LogP contribution < -0.4 is 5.32 Å². The minimum Gasteiger partial charge on any atom is -0.313 e. The maximum Gasteiger partial charge on any atom is 0.0104 e. The fourth-order valence-corrected chi connectivity index (χ4v) is 2.48. The number of nitrogens with one attached hydrogen (secondary N) is 1. The number of likely N-dealkylation sites (N-methyl/N-ethyl adjacent to an activating group) is 1. The second-order valence-electron chi connectivity index (χ2n) is 5.80. The van der Waals surface area contributed by atoms with E-state index in [2.05, 4.69) is 73.6 Å². The summed E-state index contributed by atoms with van der Waals surface area (Å²) in [5.41, 5.74) is 1.45. The van der Waals surface area contributed by atoms with E-state index in [1.54, 1.807) is 0 Å². The molecule has 0 amide bonds. The quantitative estimate of drug-likeness (QED) is 0.830. The van der Waals surface area contributed by atoms with Gasteiger partial charge in [0.2, 0.25) is 0 Å². The van der Waals surface area contributed by atoms with Crippen molar-refractivity contribution in [3.8, 4) is 0 Å². The van der Waals surface area contributed by atoms with E-state index in [0.29, 0.717) is 6.04 Å². The molecular formula is C18H26N2. The van der Waals surface area contributed by atoms with E-state index in [4.69, 9.17) is 0 Å². The summed E-state index contributed by atoms with van der Waals surface area (Å²) in [4.78, 5) is 2.40. The van der Waals surface area contributed by atoms with Crippen LogP contribution in [0.4, 0.5) is 0 Å². The molecule has 0 atom stereocenters. The molecule has 0 aliphatic carbocycles. The lowest BCUT2D eigenvalue weighted by Crippen LogP contribution is -2.33. The molecule has 0 spiro atoms. The van der Waals surface area contributed by atoms with Gasteiger partial charge in [-0.25, -0.2) is 0 Å². The van der Waals surface area contributed by atoms with Gasteiger partial charge in [-0.3, -0.25) is 0 Å². The van der Waals surface area contributed by atoms with Gasteiger partial charge in [0.25, 0.3) is 0 Å². The molecule has 0 aromatic heterocycles. The van der Waals surface area contributed by atoms with Crippen LogP contribution in [-0.4, -0.2) is 37.6 Å². The standard InChI is InChI=1S/C18H26N2/c1-15(2)19-12-14-20(3)13-11-17-9-6-8-16-7-4-5-10-18(16)17/h4-10,15,19H,11-14H2,1-3H3. The Labute approximate surface area is 122 Å². The third-order valence-corrected chi connectivity index (χ3v) is 3.69. The Morgan fingerprint density at radius 3 is 2.55 bits per heavy atom. The molecule has 0 saturated carbocycles. The van der Waals surface area contributed by atoms with Crippen LogP contribution in [0.1, 0.15) is 19.4 Å². The highest BCUT2D eigenvalue weighted by molar-refractivity contribution is 5.85. The average molecular weight is 270 g/mol. The zero-order valence-corrected chi connectivity index (χ0v) is 12.9. The van der Waals surface area contributed by atoms with Crippen LogP contribution in [0.5, 0.6) is 0 Å². The first kappa shape index (κ1) is 15.0. The predicted octanol–water partition coefficient (Wildman–Crippen LogP) is 3.31. The predicted molar refractivity (Wildman–Crippen MR) is 88.3 cm³/mol. The summed E-state index contributed by atoms with van der Waals surface area (Å²) in [6.07, 6.45) is 1.11. The van der Waals surface area contributed by atoms with E-state index < -0.39 is 0 Å². The molecule has 108 valence electrons. The second kappa shape index (κ2) is 7.41. The Morgan fingerprint density at radius 2 is 1.75 bits per heavy atom. The molecule has 2 rings (SSSR count). The smallest absolute Gasteiger partial charge is 0.0104 e. The van der Waals surface area contributed by atoms with E-state index in [1.807, 2.05) is 0 Å². The van der Waals surface area contributed by atoms with Gasteiger partial charge in [-0.05, 0) is 29.8 Å². The van der Waals surface area contributed by atoms with Gasteiger partial charge >= 0.3 is 0 Å². The van der Waals surface area contributed by atoms with Crippen molar-refractivity contribution in [1.29, 1.82) is 0 Å². The zero-order valence-electron chi connectivity index (χ0n) is 12.9. The van der Waals surface area contributed by atoms with Crippen molar-refractivity contribution in [2.45, 2.75) is 26.3 Å². The second-order valence-corrected chi connectivity index (χ2v) is 5.80. The Bertz CT molecular complexity index is 528. The summed E-state index contributed by atoms with van der Waals surface area (Å²) in [6.45, 7) is 7.65. The van der Waals surface area contributed by atoms with Crippen molar-refractivity contribution < 1.29 is 0 Å². The number of rotatable bonds is 7. The van der Waals surface area contributed by atoms with Crippen molar-refractivity contribution in [1.82, 2.24) is 10.2 Å². The van der Waals surface area contributed by atoms with Gasteiger partial charge in [0.15, 0.2) is 0 Å². The Kier molecular flexibility index (Phi) is 5.57. The SMILES string of the molecule is CC(C)NCCN(C)CCc1cccc2ccccc12. The summed E-state index contributed by atoms with van der Waals surface area (Å²) in [5, 5.41) is 6.20. The first-order chi connectivity index (χ1) is 9.66. The molecule has 2 aromatic rings.